The van der Waals surface area contributed by atoms with Crippen LogP contribution in [0.15, 0.2) is 23.4 Å². The van der Waals surface area contributed by atoms with Crippen LogP contribution in [0.2, 0.25) is 0 Å². The van der Waals surface area contributed by atoms with Gasteiger partial charge in [-0.3, -0.25) is 4.79 Å². The summed E-state index contributed by atoms with van der Waals surface area (Å²) in [6, 6.07) is 5.55. The Bertz CT molecular complexity index is 394. The van der Waals surface area contributed by atoms with Crippen LogP contribution in [0.1, 0.15) is 28.4 Å². The van der Waals surface area contributed by atoms with Gasteiger partial charge in [-0.2, -0.15) is 0 Å². The molecule has 0 saturated carbocycles. The van der Waals surface area contributed by atoms with E-state index in [2.05, 4.69) is 5.16 Å². The zero-order valence-electron chi connectivity index (χ0n) is 8.53. The van der Waals surface area contributed by atoms with Crippen molar-refractivity contribution in [3.05, 3.63) is 34.9 Å². The van der Waals surface area contributed by atoms with E-state index in [9.17, 15) is 4.79 Å². The highest BCUT2D eigenvalue weighted by atomic mass is 16.4. The summed E-state index contributed by atoms with van der Waals surface area (Å²) in [6.07, 6.45) is 0. The quantitative estimate of drug-likeness (QED) is 0.337. The Morgan fingerprint density at radius 3 is 2.50 bits per heavy atom. The Labute approximate surface area is 83.1 Å². The molecule has 0 fully saturated rings. The van der Waals surface area contributed by atoms with E-state index in [0.717, 1.165) is 11.1 Å². The zero-order valence-corrected chi connectivity index (χ0v) is 8.53. The number of hydrogen-bond acceptors (Lipinski definition) is 3. The van der Waals surface area contributed by atoms with E-state index in [-0.39, 0.29) is 11.5 Å². The van der Waals surface area contributed by atoms with Crippen LogP contribution in [0.3, 0.4) is 0 Å². The van der Waals surface area contributed by atoms with E-state index >= 15 is 0 Å². The molecule has 0 heterocycles. The van der Waals surface area contributed by atoms with Crippen molar-refractivity contribution in [2.75, 3.05) is 0 Å². The molecular formula is C11H13NO2. The van der Waals surface area contributed by atoms with Crippen LogP contribution in [0.25, 0.3) is 0 Å². The molecule has 1 aromatic rings. The van der Waals surface area contributed by atoms with Gasteiger partial charge in [0.15, 0.2) is 0 Å². The predicted molar refractivity (Wildman–Crippen MR) is 55.1 cm³/mol. The van der Waals surface area contributed by atoms with Crippen LogP contribution >= 0.6 is 0 Å². The fourth-order valence-electron chi connectivity index (χ4n) is 1.31. The van der Waals surface area contributed by atoms with Gasteiger partial charge >= 0.3 is 0 Å². The molecule has 74 valence electrons. The van der Waals surface area contributed by atoms with E-state index in [4.69, 9.17) is 5.21 Å². The first-order valence-corrected chi connectivity index (χ1v) is 4.37. The third kappa shape index (κ3) is 1.99. The molecule has 0 aliphatic heterocycles. The highest BCUT2D eigenvalue weighted by Gasteiger charge is 2.12. The summed E-state index contributed by atoms with van der Waals surface area (Å²) in [5, 5.41) is 11.4. The van der Waals surface area contributed by atoms with Crippen LogP contribution in [-0.2, 0) is 0 Å². The summed E-state index contributed by atoms with van der Waals surface area (Å²) in [5.41, 5.74) is 2.71. The second-order valence-corrected chi connectivity index (χ2v) is 3.33. The van der Waals surface area contributed by atoms with Crippen LogP contribution in [0.4, 0.5) is 0 Å². The molecule has 0 aromatic heterocycles. The number of aryl methyl sites for hydroxylation is 2. The van der Waals surface area contributed by atoms with Crippen LogP contribution in [-0.4, -0.2) is 16.7 Å². The first-order valence-electron chi connectivity index (χ1n) is 4.37. The second kappa shape index (κ2) is 4.05. The van der Waals surface area contributed by atoms with E-state index in [1.807, 2.05) is 26.0 Å². The molecule has 14 heavy (non-hydrogen) atoms. The van der Waals surface area contributed by atoms with Gasteiger partial charge in [0.1, 0.15) is 5.71 Å². The molecule has 1 rings (SSSR count). The van der Waals surface area contributed by atoms with Crippen molar-refractivity contribution in [1.82, 2.24) is 0 Å². The predicted octanol–water partition coefficient (Wildman–Crippen LogP) is 2.34. The number of oxime groups is 1. The van der Waals surface area contributed by atoms with Crippen molar-refractivity contribution in [1.29, 1.82) is 0 Å². The summed E-state index contributed by atoms with van der Waals surface area (Å²) in [7, 11) is 0. The summed E-state index contributed by atoms with van der Waals surface area (Å²) >= 11 is 0. The third-order valence-corrected chi connectivity index (χ3v) is 2.11. The average Bonchev–Trinajstić information content (AvgIpc) is 2.15. The number of carbonyl (C=O) groups excluding carboxylic acids is 1. The van der Waals surface area contributed by atoms with Crippen molar-refractivity contribution in [2.24, 2.45) is 5.16 Å². The van der Waals surface area contributed by atoms with Crippen molar-refractivity contribution in [3.8, 4) is 0 Å². The summed E-state index contributed by atoms with van der Waals surface area (Å²) in [6.45, 7) is 5.32. The fraction of sp³-hybridized carbons (Fsp3) is 0.273. The standard InChI is InChI=1S/C11H13NO2/c1-7-4-5-10(8(2)6-7)11(13)9(3)12-14/h4-6,14H,1-3H3. The van der Waals surface area contributed by atoms with Gasteiger partial charge in [0, 0.05) is 5.56 Å². The lowest BCUT2D eigenvalue weighted by molar-refractivity contribution is 0.106. The molecule has 0 bridgehead atoms. The molecular weight excluding hydrogens is 178 g/mol. The van der Waals surface area contributed by atoms with Crippen molar-refractivity contribution >= 4 is 11.5 Å². The van der Waals surface area contributed by atoms with Gasteiger partial charge in [-0.25, -0.2) is 0 Å². The average molecular weight is 191 g/mol. The maximum Gasteiger partial charge on any atom is 0.210 e. The zero-order chi connectivity index (χ0) is 10.7. The Morgan fingerprint density at radius 1 is 1.36 bits per heavy atom. The molecule has 3 heteroatoms. The normalized spacial score (nSPS) is 11.5. The van der Waals surface area contributed by atoms with Crippen molar-refractivity contribution in [3.63, 3.8) is 0 Å². The monoisotopic (exact) mass is 191 g/mol. The Kier molecular flexibility index (Phi) is 3.02. The number of hydrogen-bond donors (Lipinski definition) is 1. The van der Waals surface area contributed by atoms with Gasteiger partial charge in [0.2, 0.25) is 5.78 Å². The largest absolute Gasteiger partial charge is 0.411 e. The fourth-order valence-corrected chi connectivity index (χ4v) is 1.31. The molecule has 0 atom stereocenters. The topological polar surface area (TPSA) is 49.7 Å². The molecule has 0 unspecified atom stereocenters. The molecule has 0 aliphatic carbocycles. The minimum atomic E-state index is -0.231. The SMILES string of the molecule is CC(=NO)C(=O)c1ccc(C)cc1C. The van der Waals surface area contributed by atoms with Crippen molar-refractivity contribution < 1.29 is 10.0 Å². The van der Waals surface area contributed by atoms with Crippen LogP contribution in [0, 0.1) is 13.8 Å². The van der Waals surface area contributed by atoms with Gasteiger partial charge in [0.05, 0.1) is 0 Å². The smallest absolute Gasteiger partial charge is 0.210 e. The van der Waals surface area contributed by atoms with E-state index < -0.39 is 0 Å². The van der Waals surface area contributed by atoms with Crippen molar-refractivity contribution in [2.45, 2.75) is 20.8 Å². The minimum absolute atomic E-state index is 0.108. The highest BCUT2D eigenvalue weighted by molar-refractivity contribution is 6.45. The number of nitrogens with zero attached hydrogens (tertiary/aromatic N) is 1. The lowest BCUT2D eigenvalue weighted by atomic mass is 10.0. The number of carbonyl (C=O) groups is 1. The Hall–Kier alpha value is -1.64. The first kappa shape index (κ1) is 10.4. The molecule has 0 spiro atoms. The second-order valence-electron chi connectivity index (χ2n) is 3.33. The summed E-state index contributed by atoms with van der Waals surface area (Å²) in [4.78, 5) is 11.6. The molecule has 0 radical (unpaired) electrons. The van der Waals surface area contributed by atoms with Gasteiger partial charge in [-0.1, -0.05) is 28.9 Å². The minimum Gasteiger partial charge on any atom is -0.411 e. The number of rotatable bonds is 2. The van der Waals surface area contributed by atoms with Crippen LogP contribution in [0.5, 0.6) is 0 Å². The number of benzene rings is 1. The lowest BCUT2D eigenvalue weighted by Gasteiger charge is -2.04. The van der Waals surface area contributed by atoms with E-state index in [1.165, 1.54) is 6.92 Å². The molecule has 3 nitrogen and oxygen atoms in total. The Balaban J connectivity index is 3.14. The molecule has 0 amide bonds. The summed E-state index contributed by atoms with van der Waals surface area (Å²) in [5.74, 6) is -0.231. The highest BCUT2D eigenvalue weighted by Crippen LogP contribution is 2.11. The van der Waals surface area contributed by atoms with Gasteiger partial charge in [0.25, 0.3) is 0 Å². The molecule has 1 aromatic carbocycles. The molecule has 0 aliphatic rings. The van der Waals surface area contributed by atoms with E-state index in [1.54, 1.807) is 6.07 Å². The molecule has 0 saturated heterocycles. The maximum absolute atomic E-state index is 11.6. The van der Waals surface area contributed by atoms with Gasteiger partial charge in [-0.05, 0) is 26.3 Å². The maximum atomic E-state index is 11.6. The molecule has 1 N–H and O–H groups in total. The van der Waals surface area contributed by atoms with Gasteiger partial charge < -0.3 is 5.21 Å². The Morgan fingerprint density at radius 2 is 2.00 bits per heavy atom. The lowest BCUT2D eigenvalue weighted by Crippen LogP contribution is -2.12. The van der Waals surface area contributed by atoms with E-state index in [0.29, 0.717) is 5.56 Å². The number of Topliss-reactive ketones (excluding diaryl/α,β-unsaturated/α-hetero) is 1. The number of ketones is 1. The van der Waals surface area contributed by atoms with Gasteiger partial charge in [-0.15, -0.1) is 0 Å². The summed E-state index contributed by atoms with van der Waals surface area (Å²) < 4.78 is 0. The first-order chi connectivity index (χ1) is 6.56. The van der Waals surface area contributed by atoms with Crippen LogP contribution < -0.4 is 0 Å². The third-order valence-electron chi connectivity index (χ3n) is 2.11.